The van der Waals surface area contributed by atoms with Crippen LogP contribution in [0.5, 0.6) is 0 Å². The molecule has 0 radical (unpaired) electrons. The molecule has 0 N–H and O–H groups in total. The molecule has 8 nitrogen and oxygen atoms in total. The molecule has 0 atom stereocenters. The molecular formula is C23H27N7O. The third-order valence-electron chi connectivity index (χ3n) is 5.97. The predicted molar refractivity (Wildman–Crippen MR) is 120 cm³/mol. The van der Waals surface area contributed by atoms with E-state index >= 15 is 0 Å². The quantitative estimate of drug-likeness (QED) is 0.650. The first-order valence-corrected chi connectivity index (χ1v) is 10.9. The smallest absolute Gasteiger partial charge is 0.254 e. The lowest BCUT2D eigenvalue weighted by molar-refractivity contribution is 0.0746. The van der Waals surface area contributed by atoms with Crippen molar-refractivity contribution in [3.63, 3.8) is 0 Å². The second-order valence-corrected chi connectivity index (χ2v) is 8.14. The largest absolute Gasteiger partial charge is 0.356 e. The fraction of sp³-hybridized carbons (Fsp3) is 0.391. The normalized spacial score (nSPS) is 16.7. The van der Waals surface area contributed by atoms with E-state index in [1.807, 2.05) is 48.4 Å². The van der Waals surface area contributed by atoms with Gasteiger partial charge in [0.2, 0.25) is 5.95 Å². The van der Waals surface area contributed by atoms with Crippen LogP contribution in [0.25, 0.3) is 5.69 Å². The summed E-state index contributed by atoms with van der Waals surface area (Å²) in [7, 11) is 0. The average Bonchev–Trinajstić information content (AvgIpc) is 3.53. The zero-order valence-corrected chi connectivity index (χ0v) is 17.8. The van der Waals surface area contributed by atoms with Crippen molar-refractivity contribution in [2.75, 3.05) is 49.1 Å². The first-order valence-electron chi connectivity index (χ1n) is 10.9. The van der Waals surface area contributed by atoms with Crippen molar-refractivity contribution >= 4 is 17.7 Å². The molecule has 2 saturated heterocycles. The summed E-state index contributed by atoms with van der Waals surface area (Å²) < 4.78 is 1.77. The Morgan fingerprint density at radius 1 is 0.903 bits per heavy atom. The van der Waals surface area contributed by atoms with Crippen molar-refractivity contribution in [1.82, 2.24) is 24.6 Å². The summed E-state index contributed by atoms with van der Waals surface area (Å²) in [4.78, 5) is 29.0. The Morgan fingerprint density at radius 3 is 2.45 bits per heavy atom. The van der Waals surface area contributed by atoms with Crippen LogP contribution in [0.15, 0.2) is 48.8 Å². The topological polar surface area (TPSA) is 70.4 Å². The van der Waals surface area contributed by atoms with Crippen molar-refractivity contribution < 1.29 is 4.79 Å². The van der Waals surface area contributed by atoms with E-state index < -0.39 is 0 Å². The Kier molecular flexibility index (Phi) is 5.28. The molecule has 8 heteroatoms. The van der Waals surface area contributed by atoms with E-state index in [9.17, 15) is 4.79 Å². The third-order valence-corrected chi connectivity index (χ3v) is 5.97. The summed E-state index contributed by atoms with van der Waals surface area (Å²) in [5.74, 6) is 1.85. The van der Waals surface area contributed by atoms with Crippen molar-refractivity contribution in [3.05, 3.63) is 60.0 Å². The second-order valence-electron chi connectivity index (χ2n) is 8.14. The zero-order valence-electron chi connectivity index (χ0n) is 17.8. The number of rotatable bonds is 4. The van der Waals surface area contributed by atoms with Gasteiger partial charge in [-0.1, -0.05) is 6.07 Å². The van der Waals surface area contributed by atoms with E-state index in [4.69, 9.17) is 4.98 Å². The number of hydrogen-bond donors (Lipinski definition) is 0. The average molecular weight is 418 g/mol. The number of piperazine rings is 1. The van der Waals surface area contributed by atoms with Crippen molar-refractivity contribution in [2.24, 2.45) is 0 Å². The number of carbonyl (C=O) groups excluding carboxylic acids is 1. The Balaban J connectivity index is 1.27. The van der Waals surface area contributed by atoms with Gasteiger partial charge in [0, 0.05) is 69.0 Å². The summed E-state index contributed by atoms with van der Waals surface area (Å²) >= 11 is 0. The minimum atomic E-state index is 0.0524. The lowest BCUT2D eigenvalue weighted by Crippen LogP contribution is -2.49. The van der Waals surface area contributed by atoms with Crippen molar-refractivity contribution in [3.8, 4) is 5.69 Å². The highest BCUT2D eigenvalue weighted by atomic mass is 16.2. The maximum absolute atomic E-state index is 13.1. The molecule has 0 unspecified atom stereocenters. The first kappa shape index (κ1) is 19.5. The molecule has 4 heterocycles. The fourth-order valence-corrected chi connectivity index (χ4v) is 4.28. The van der Waals surface area contributed by atoms with Crippen LogP contribution < -0.4 is 9.80 Å². The molecule has 3 aromatic rings. The number of carbonyl (C=O) groups is 1. The number of anilines is 2. The van der Waals surface area contributed by atoms with Crippen LogP contribution >= 0.6 is 0 Å². The molecule has 2 aliphatic heterocycles. The van der Waals surface area contributed by atoms with Crippen molar-refractivity contribution in [1.29, 1.82) is 0 Å². The number of benzene rings is 1. The molecule has 0 saturated carbocycles. The molecule has 1 aromatic carbocycles. The summed E-state index contributed by atoms with van der Waals surface area (Å²) in [5, 5.41) is 4.25. The van der Waals surface area contributed by atoms with Gasteiger partial charge in [-0.15, -0.1) is 0 Å². The first-order chi connectivity index (χ1) is 15.2. The van der Waals surface area contributed by atoms with Gasteiger partial charge in [0.05, 0.1) is 5.69 Å². The molecule has 0 spiro atoms. The highest BCUT2D eigenvalue weighted by Crippen LogP contribution is 2.22. The molecule has 1 amide bonds. The third kappa shape index (κ3) is 4.10. The van der Waals surface area contributed by atoms with Crippen LogP contribution in [0.4, 0.5) is 11.8 Å². The van der Waals surface area contributed by atoms with Gasteiger partial charge >= 0.3 is 0 Å². The maximum Gasteiger partial charge on any atom is 0.254 e. The molecule has 31 heavy (non-hydrogen) atoms. The van der Waals surface area contributed by atoms with E-state index in [1.165, 1.54) is 12.8 Å². The Labute approximate surface area is 182 Å². The highest BCUT2D eigenvalue weighted by molar-refractivity contribution is 5.95. The van der Waals surface area contributed by atoms with Gasteiger partial charge in [-0.05, 0) is 44.0 Å². The lowest BCUT2D eigenvalue weighted by atomic mass is 10.1. The summed E-state index contributed by atoms with van der Waals surface area (Å²) in [5.41, 5.74) is 2.56. The second kappa shape index (κ2) is 8.37. The minimum Gasteiger partial charge on any atom is -0.356 e. The van der Waals surface area contributed by atoms with Gasteiger partial charge in [-0.25, -0.2) is 9.67 Å². The predicted octanol–water partition coefficient (Wildman–Crippen LogP) is 2.53. The number of hydrogen-bond acceptors (Lipinski definition) is 6. The van der Waals surface area contributed by atoms with Crippen LogP contribution in [0.1, 0.15) is 28.9 Å². The summed E-state index contributed by atoms with van der Waals surface area (Å²) in [6.45, 7) is 6.92. The van der Waals surface area contributed by atoms with E-state index in [2.05, 4.69) is 25.9 Å². The molecule has 2 aromatic heterocycles. The van der Waals surface area contributed by atoms with Gasteiger partial charge in [0.1, 0.15) is 5.82 Å². The molecule has 0 bridgehead atoms. The van der Waals surface area contributed by atoms with Gasteiger partial charge < -0.3 is 14.7 Å². The van der Waals surface area contributed by atoms with Crippen LogP contribution in [0.2, 0.25) is 0 Å². The van der Waals surface area contributed by atoms with Crippen molar-refractivity contribution in [2.45, 2.75) is 19.8 Å². The molecule has 160 valence electrons. The van der Waals surface area contributed by atoms with E-state index in [1.54, 1.807) is 10.9 Å². The van der Waals surface area contributed by atoms with Crippen LogP contribution in [-0.4, -0.2) is 69.8 Å². The summed E-state index contributed by atoms with van der Waals surface area (Å²) in [6, 6.07) is 11.6. The van der Waals surface area contributed by atoms with E-state index in [-0.39, 0.29) is 5.91 Å². The van der Waals surface area contributed by atoms with Gasteiger partial charge in [0.25, 0.3) is 5.91 Å². The number of aromatic nitrogens is 4. The SMILES string of the molecule is Cc1cc(N2CCCC2)nc(N2CCN(C(=O)c3cccc(-n4cccn4)c3)CC2)n1. The van der Waals surface area contributed by atoms with Crippen LogP contribution in [-0.2, 0) is 0 Å². The number of nitrogens with zero attached hydrogens (tertiary/aromatic N) is 7. The van der Waals surface area contributed by atoms with Gasteiger partial charge in [-0.2, -0.15) is 10.1 Å². The van der Waals surface area contributed by atoms with E-state index in [0.29, 0.717) is 18.7 Å². The van der Waals surface area contributed by atoms with Crippen LogP contribution in [0.3, 0.4) is 0 Å². The fourth-order valence-electron chi connectivity index (χ4n) is 4.28. The lowest BCUT2D eigenvalue weighted by Gasteiger charge is -2.35. The van der Waals surface area contributed by atoms with Crippen LogP contribution in [0, 0.1) is 6.92 Å². The molecule has 0 aliphatic carbocycles. The molecule has 2 aliphatic rings. The molecular weight excluding hydrogens is 390 g/mol. The Bertz CT molecular complexity index is 1050. The molecule has 5 rings (SSSR count). The maximum atomic E-state index is 13.1. The van der Waals surface area contributed by atoms with E-state index in [0.717, 1.165) is 49.3 Å². The zero-order chi connectivity index (χ0) is 21.2. The number of amides is 1. The Hall–Kier alpha value is -3.42. The number of aryl methyl sites for hydroxylation is 1. The monoisotopic (exact) mass is 417 g/mol. The molecule has 2 fully saturated rings. The van der Waals surface area contributed by atoms with Gasteiger partial charge in [-0.3, -0.25) is 4.79 Å². The Morgan fingerprint density at radius 2 is 1.71 bits per heavy atom. The minimum absolute atomic E-state index is 0.0524. The standard InChI is InChI=1S/C23H27N7O/c1-18-16-21(27-9-2-3-10-27)26-23(25-18)29-14-12-28(13-15-29)22(31)19-6-4-7-20(17-19)30-11-5-8-24-30/h4-8,11,16-17H,2-3,9-10,12-15H2,1H3. The highest BCUT2D eigenvalue weighted by Gasteiger charge is 2.25. The summed E-state index contributed by atoms with van der Waals surface area (Å²) in [6.07, 6.45) is 6.05. The van der Waals surface area contributed by atoms with Gasteiger partial charge in [0.15, 0.2) is 0 Å².